The van der Waals surface area contributed by atoms with Crippen molar-refractivity contribution in [2.75, 3.05) is 0 Å². The van der Waals surface area contributed by atoms with Crippen molar-refractivity contribution < 1.29 is 14.5 Å². The molecular formula is C20H12Cl2N4O4S. The Labute approximate surface area is 190 Å². The fourth-order valence-corrected chi connectivity index (χ4v) is 4.13. The number of hydrogen-bond donors (Lipinski definition) is 0. The van der Waals surface area contributed by atoms with Crippen LogP contribution in [0.4, 0.5) is 5.69 Å². The number of carbonyl (C=O) groups excluding carboxylic acids is 1. The van der Waals surface area contributed by atoms with Gasteiger partial charge in [-0.05, 0) is 47.7 Å². The van der Waals surface area contributed by atoms with Crippen LogP contribution in [0.15, 0.2) is 69.5 Å². The van der Waals surface area contributed by atoms with Gasteiger partial charge in [0.25, 0.3) is 5.69 Å². The number of imidazole rings is 1. The van der Waals surface area contributed by atoms with Crippen LogP contribution in [0.5, 0.6) is 0 Å². The Bertz CT molecular complexity index is 1290. The van der Waals surface area contributed by atoms with Gasteiger partial charge in [-0.2, -0.15) is 0 Å². The summed E-state index contributed by atoms with van der Waals surface area (Å²) in [4.78, 5) is 32.1. The predicted octanol–water partition coefficient (Wildman–Crippen LogP) is 5.13. The Morgan fingerprint density at radius 1 is 1.23 bits per heavy atom. The molecule has 0 bridgehead atoms. The second-order valence-electron chi connectivity index (χ2n) is 6.37. The second-order valence-corrected chi connectivity index (χ2v) is 8.22. The lowest BCUT2D eigenvalue weighted by atomic mass is 10.1. The molecule has 3 aromatic rings. The summed E-state index contributed by atoms with van der Waals surface area (Å²) in [5.74, 6) is -0.649. The van der Waals surface area contributed by atoms with Gasteiger partial charge in [-0.25, -0.2) is 14.8 Å². The quantitative estimate of drug-likeness (QED) is 0.220. The van der Waals surface area contributed by atoms with E-state index in [0.717, 1.165) is 0 Å². The highest BCUT2D eigenvalue weighted by molar-refractivity contribution is 7.99. The van der Waals surface area contributed by atoms with Crippen LogP contribution >= 0.6 is 35.0 Å². The number of aryl methyl sites for hydroxylation is 1. The summed E-state index contributed by atoms with van der Waals surface area (Å²) in [5.41, 5.74) is 0.726. The Hall–Kier alpha value is -3.14. The largest absolute Gasteiger partial charge is 0.402 e. The minimum Gasteiger partial charge on any atom is -0.402 e. The zero-order chi connectivity index (χ0) is 22.1. The number of cyclic esters (lactones) is 1. The van der Waals surface area contributed by atoms with Crippen molar-refractivity contribution >= 4 is 58.6 Å². The molecule has 11 heteroatoms. The molecule has 0 N–H and O–H groups in total. The molecule has 2 heterocycles. The van der Waals surface area contributed by atoms with Gasteiger partial charge in [0.15, 0.2) is 10.9 Å². The summed E-state index contributed by atoms with van der Waals surface area (Å²) in [6, 6.07) is 9.33. The number of benzene rings is 2. The minimum atomic E-state index is -0.685. The van der Waals surface area contributed by atoms with E-state index in [-0.39, 0.29) is 22.3 Å². The number of halogens is 2. The topological polar surface area (TPSA) is 99.6 Å². The summed E-state index contributed by atoms with van der Waals surface area (Å²) in [5, 5.41) is 12.9. The first-order chi connectivity index (χ1) is 14.8. The molecule has 1 aliphatic heterocycles. The van der Waals surface area contributed by atoms with Gasteiger partial charge in [0.2, 0.25) is 5.90 Å². The number of carbonyl (C=O) groups is 1. The van der Waals surface area contributed by atoms with Crippen LogP contribution in [0.25, 0.3) is 6.08 Å². The molecule has 156 valence electrons. The van der Waals surface area contributed by atoms with Crippen molar-refractivity contribution in [1.29, 1.82) is 0 Å². The van der Waals surface area contributed by atoms with Crippen LogP contribution in [-0.2, 0) is 16.6 Å². The number of nitro groups is 1. The molecule has 0 aliphatic carbocycles. The smallest absolute Gasteiger partial charge is 0.363 e. The van der Waals surface area contributed by atoms with Crippen molar-refractivity contribution in [1.82, 2.24) is 9.55 Å². The summed E-state index contributed by atoms with van der Waals surface area (Å²) < 4.78 is 6.96. The van der Waals surface area contributed by atoms with Gasteiger partial charge in [-0.3, -0.25) is 10.1 Å². The van der Waals surface area contributed by atoms with E-state index in [1.807, 2.05) is 0 Å². The van der Waals surface area contributed by atoms with E-state index in [4.69, 9.17) is 27.9 Å². The van der Waals surface area contributed by atoms with Crippen LogP contribution in [0.1, 0.15) is 11.1 Å². The molecule has 4 rings (SSSR count). The Morgan fingerprint density at radius 3 is 2.71 bits per heavy atom. The summed E-state index contributed by atoms with van der Waals surface area (Å²) in [7, 11) is 1.80. The molecule has 8 nitrogen and oxygen atoms in total. The summed E-state index contributed by atoms with van der Waals surface area (Å²) >= 11 is 13.2. The van der Waals surface area contributed by atoms with Gasteiger partial charge < -0.3 is 9.30 Å². The van der Waals surface area contributed by atoms with E-state index in [9.17, 15) is 14.9 Å². The van der Waals surface area contributed by atoms with E-state index in [1.165, 1.54) is 30.0 Å². The van der Waals surface area contributed by atoms with Crippen LogP contribution in [-0.4, -0.2) is 26.3 Å². The fraction of sp³-hybridized carbons (Fsp3) is 0.0500. The second kappa shape index (κ2) is 8.54. The van der Waals surface area contributed by atoms with Gasteiger partial charge in [-0.1, -0.05) is 29.3 Å². The molecule has 0 amide bonds. The molecule has 2 aromatic carbocycles. The zero-order valence-corrected chi connectivity index (χ0v) is 18.1. The number of nitrogens with zero attached hydrogens (tertiary/aromatic N) is 4. The van der Waals surface area contributed by atoms with Crippen LogP contribution in [0, 0.1) is 10.1 Å². The SMILES string of the molecule is Cn1ccnc1Sc1ccc(/C=C2/N=C(c3ccc(Cl)cc3Cl)OC2=O)cc1[N+](=O)[O-]. The normalized spacial score (nSPS) is 14.6. The summed E-state index contributed by atoms with van der Waals surface area (Å²) in [6.45, 7) is 0. The number of aromatic nitrogens is 2. The third-order valence-electron chi connectivity index (χ3n) is 4.24. The minimum absolute atomic E-state index is 0.000168. The van der Waals surface area contributed by atoms with Gasteiger partial charge >= 0.3 is 5.97 Å². The van der Waals surface area contributed by atoms with E-state index < -0.39 is 10.9 Å². The van der Waals surface area contributed by atoms with Crippen LogP contribution in [0.3, 0.4) is 0 Å². The molecule has 0 saturated carbocycles. The molecule has 0 saturated heterocycles. The average Bonchev–Trinajstić information content (AvgIpc) is 3.28. The van der Waals surface area contributed by atoms with E-state index in [2.05, 4.69) is 9.98 Å². The number of hydrogen-bond acceptors (Lipinski definition) is 7. The van der Waals surface area contributed by atoms with E-state index >= 15 is 0 Å². The zero-order valence-electron chi connectivity index (χ0n) is 15.8. The van der Waals surface area contributed by atoms with Crippen molar-refractivity contribution in [3.05, 3.63) is 85.8 Å². The van der Waals surface area contributed by atoms with E-state index in [0.29, 0.717) is 26.2 Å². The van der Waals surface area contributed by atoms with Crippen molar-refractivity contribution in [2.45, 2.75) is 10.1 Å². The van der Waals surface area contributed by atoms with Crippen molar-refractivity contribution in [2.24, 2.45) is 12.0 Å². The van der Waals surface area contributed by atoms with Gasteiger partial charge in [-0.15, -0.1) is 0 Å². The third-order valence-corrected chi connectivity index (χ3v) is 5.93. The molecule has 1 aromatic heterocycles. The van der Waals surface area contributed by atoms with Gasteiger partial charge in [0.1, 0.15) is 0 Å². The summed E-state index contributed by atoms with van der Waals surface area (Å²) in [6.07, 6.45) is 4.78. The number of aliphatic imine (C=N–C) groups is 1. The molecule has 0 unspecified atom stereocenters. The molecule has 0 spiro atoms. The lowest BCUT2D eigenvalue weighted by molar-refractivity contribution is -0.387. The molecule has 1 aliphatic rings. The molecule has 0 fully saturated rings. The lowest BCUT2D eigenvalue weighted by Crippen LogP contribution is -2.05. The highest BCUT2D eigenvalue weighted by atomic mass is 35.5. The first kappa shape index (κ1) is 21.1. The number of esters is 1. The van der Waals surface area contributed by atoms with Gasteiger partial charge in [0.05, 0.1) is 20.4 Å². The highest BCUT2D eigenvalue weighted by Crippen LogP contribution is 2.35. The molecule has 31 heavy (non-hydrogen) atoms. The molecule has 0 atom stereocenters. The highest BCUT2D eigenvalue weighted by Gasteiger charge is 2.26. The fourth-order valence-electron chi connectivity index (χ4n) is 2.75. The Morgan fingerprint density at radius 2 is 2.03 bits per heavy atom. The first-order valence-corrected chi connectivity index (χ1v) is 10.3. The van der Waals surface area contributed by atoms with Crippen LogP contribution in [0.2, 0.25) is 10.0 Å². The average molecular weight is 475 g/mol. The number of nitro benzene ring substituents is 1. The monoisotopic (exact) mass is 474 g/mol. The predicted molar refractivity (Wildman–Crippen MR) is 117 cm³/mol. The van der Waals surface area contributed by atoms with Crippen molar-refractivity contribution in [3.8, 4) is 0 Å². The Kier molecular flexibility index (Phi) is 5.81. The Balaban J connectivity index is 1.67. The van der Waals surface area contributed by atoms with E-state index in [1.54, 1.807) is 48.3 Å². The number of ether oxygens (including phenoxy) is 1. The molecular weight excluding hydrogens is 463 g/mol. The van der Waals surface area contributed by atoms with Crippen molar-refractivity contribution in [3.63, 3.8) is 0 Å². The third kappa shape index (κ3) is 4.48. The maximum Gasteiger partial charge on any atom is 0.363 e. The lowest BCUT2D eigenvalue weighted by Gasteiger charge is -2.04. The maximum atomic E-state index is 12.3. The number of rotatable bonds is 5. The first-order valence-electron chi connectivity index (χ1n) is 8.73. The maximum absolute atomic E-state index is 12.3. The van der Waals surface area contributed by atoms with Gasteiger partial charge in [0, 0.05) is 30.5 Å². The molecule has 0 radical (unpaired) electrons. The van der Waals surface area contributed by atoms with Crippen LogP contribution < -0.4 is 0 Å². The standard InChI is InChI=1S/C20H12Cl2N4O4S/c1-25-7-6-23-20(25)31-17-5-2-11(9-16(17)26(28)29)8-15-19(27)30-18(24-15)13-4-3-12(21)10-14(13)22/h2-10H,1H3/b15-8+.